The highest BCUT2D eigenvalue weighted by atomic mass is 32.1. The number of carbonyl (C=O) groups is 3. The van der Waals surface area contributed by atoms with Gasteiger partial charge < -0.3 is 24.5 Å². The molecule has 2 aliphatic rings. The van der Waals surface area contributed by atoms with Crippen molar-refractivity contribution in [2.45, 2.75) is 26.3 Å². The number of methoxy groups -OCH3 is 1. The highest BCUT2D eigenvalue weighted by Crippen LogP contribution is 2.42. The number of ether oxygens (including phenoxy) is 2. The lowest BCUT2D eigenvalue weighted by atomic mass is 9.97. The van der Waals surface area contributed by atoms with Crippen LogP contribution in [-0.4, -0.2) is 84.1 Å². The largest absolute Gasteiger partial charge is 0.507 e. The number of thiophene rings is 1. The number of carbonyl (C=O) groups excluding carboxylic acids is 3. The number of ketones is 1. The first-order chi connectivity index (χ1) is 16.3. The summed E-state index contributed by atoms with van der Waals surface area (Å²) in [6.07, 6.45) is 0.698. The van der Waals surface area contributed by atoms with Crippen LogP contribution in [0.1, 0.15) is 44.6 Å². The van der Waals surface area contributed by atoms with E-state index >= 15 is 0 Å². The van der Waals surface area contributed by atoms with E-state index in [1.54, 1.807) is 18.7 Å². The third-order valence-electron chi connectivity index (χ3n) is 6.39. The van der Waals surface area contributed by atoms with Crippen LogP contribution in [0.4, 0.5) is 0 Å². The third-order valence-corrected chi connectivity index (χ3v) is 7.32. The van der Waals surface area contributed by atoms with Gasteiger partial charge in [0.1, 0.15) is 11.5 Å². The number of amides is 1. The molecule has 1 atom stereocenters. The number of morpholine rings is 1. The Kier molecular flexibility index (Phi) is 7.20. The van der Waals surface area contributed by atoms with Gasteiger partial charge in [-0.2, -0.15) is 0 Å². The lowest BCUT2D eigenvalue weighted by molar-refractivity contribution is -0.140. The molecule has 34 heavy (non-hydrogen) atoms. The van der Waals surface area contributed by atoms with Crippen molar-refractivity contribution in [3.8, 4) is 0 Å². The van der Waals surface area contributed by atoms with Crippen LogP contribution < -0.4 is 0 Å². The lowest BCUT2D eigenvalue weighted by Gasteiger charge is -2.28. The van der Waals surface area contributed by atoms with Crippen LogP contribution in [-0.2, 0) is 19.1 Å². The highest BCUT2D eigenvalue weighted by Gasteiger charge is 2.46. The van der Waals surface area contributed by atoms with Crippen molar-refractivity contribution < 1.29 is 29.0 Å². The van der Waals surface area contributed by atoms with E-state index in [1.165, 1.54) is 18.4 Å². The predicted molar refractivity (Wildman–Crippen MR) is 127 cm³/mol. The van der Waals surface area contributed by atoms with Crippen molar-refractivity contribution in [1.82, 2.24) is 14.8 Å². The maximum Gasteiger partial charge on any atom is 0.354 e. The van der Waals surface area contributed by atoms with Crippen molar-refractivity contribution in [1.29, 1.82) is 0 Å². The smallest absolute Gasteiger partial charge is 0.354 e. The van der Waals surface area contributed by atoms with Crippen LogP contribution in [0.2, 0.25) is 0 Å². The van der Waals surface area contributed by atoms with Gasteiger partial charge in [0.25, 0.3) is 11.7 Å². The second kappa shape index (κ2) is 10.1. The van der Waals surface area contributed by atoms with Crippen molar-refractivity contribution in [3.05, 3.63) is 50.5 Å². The van der Waals surface area contributed by atoms with Crippen LogP contribution in [0.15, 0.2) is 23.1 Å². The van der Waals surface area contributed by atoms with Gasteiger partial charge in [-0.3, -0.25) is 14.5 Å². The minimum atomic E-state index is -0.720. The maximum atomic E-state index is 13.2. The topological polar surface area (TPSA) is 112 Å². The molecular formula is C24H29N3O6S. The Bertz CT molecular complexity index is 1110. The summed E-state index contributed by atoms with van der Waals surface area (Å²) in [5.41, 5.74) is 1.56. The molecule has 2 fully saturated rings. The molecule has 0 radical (unpaired) electrons. The Labute approximate surface area is 202 Å². The number of H-pyrrole nitrogens is 1. The number of hydrogen-bond acceptors (Lipinski definition) is 8. The fourth-order valence-corrected chi connectivity index (χ4v) is 5.53. The molecular weight excluding hydrogens is 458 g/mol. The van der Waals surface area contributed by atoms with Crippen LogP contribution in [0.3, 0.4) is 0 Å². The van der Waals surface area contributed by atoms with Crippen LogP contribution in [0, 0.1) is 13.8 Å². The third kappa shape index (κ3) is 4.40. The molecule has 10 heteroatoms. The van der Waals surface area contributed by atoms with E-state index in [2.05, 4.69) is 9.88 Å². The van der Waals surface area contributed by atoms with Gasteiger partial charge in [0.2, 0.25) is 0 Å². The fraction of sp³-hybridized carbons (Fsp3) is 0.458. The number of nitrogens with zero attached hydrogens (tertiary/aromatic N) is 2. The average molecular weight is 488 g/mol. The van der Waals surface area contributed by atoms with E-state index in [-0.39, 0.29) is 17.0 Å². The number of likely N-dealkylation sites (tertiary alicyclic amines) is 1. The predicted octanol–water partition coefficient (Wildman–Crippen LogP) is 2.62. The molecule has 2 aromatic heterocycles. The molecule has 0 aliphatic carbocycles. The van der Waals surface area contributed by atoms with Gasteiger partial charge >= 0.3 is 5.97 Å². The van der Waals surface area contributed by atoms with Crippen LogP contribution >= 0.6 is 11.3 Å². The Morgan fingerprint density at radius 2 is 2.00 bits per heavy atom. The first-order valence-corrected chi connectivity index (χ1v) is 12.1. The number of esters is 1. The molecule has 0 spiro atoms. The quantitative estimate of drug-likeness (QED) is 0.267. The normalized spacial score (nSPS) is 20.8. The molecule has 4 heterocycles. The Morgan fingerprint density at radius 3 is 2.65 bits per heavy atom. The molecule has 2 saturated heterocycles. The number of aliphatic hydroxyl groups is 1. The van der Waals surface area contributed by atoms with Crippen LogP contribution in [0.25, 0.3) is 5.76 Å². The SMILES string of the molecule is COC(=O)c1[nH]c(C)c(C(O)=C2C(=O)C(=O)N(CCCN3CCOCC3)C2c2cccs2)c1C. The maximum absolute atomic E-state index is 13.2. The van der Waals surface area contributed by atoms with Gasteiger partial charge in [-0.05, 0) is 37.3 Å². The summed E-state index contributed by atoms with van der Waals surface area (Å²) in [4.78, 5) is 46.0. The second-order valence-corrected chi connectivity index (χ2v) is 9.41. The standard InChI is InChI=1S/C24H29N3O6S/c1-14-17(15(2)25-19(14)24(31)32-3)21(28)18-20(16-6-4-13-34-16)27(23(30)22(18)29)8-5-7-26-9-11-33-12-10-26/h4,6,13,20,25,28H,5,7-12H2,1-3H3. The van der Waals surface area contributed by atoms with E-state index < -0.39 is 23.7 Å². The number of aryl methyl sites for hydroxylation is 1. The van der Waals surface area contributed by atoms with Gasteiger partial charge in [0, 0.05) is 42.3 Å². The zero-order chi connectivity index (χ0) is 24.4. The molecule has 2 aromatic rings. The first-order valence-electron chi connectivity index (χ1n) is 11.2. The first kappa shape index (κ1) is 24.2. The van der Waals surface area contributed by atoms with Crippen molar-refractivity contribution in [2.75, 3.05) is 46.5 Å². The summed E-state index contributed by atoms with van der Waals surface area (Å²) in [5, 5.41) is 13.2. The average Bonchev–Trinajstić information content (AvgIpc) is 3.53. The molecule has 182 valence electrons. The Morgan fingerprint density at radius 1 is 1.26 bits per heavy atom. The van der Waals surface area contributed by atoms with E-state index in [9.17, 15) is 19.5 Å². The molecule has 1 amide bonds. The molecule has 4 rings (SSSR count). The number of nitrogens with one attached hydrogen (secondary N) is 1. The number of aromatic nitrogens is 1. The zero-order valence-corrected chi connectivity index (χ0v) is 20.4. The number of rotatable bonds is 7. The Balaban J connectivity index is 1.69. The molecule has 2 aliphatic heterocycles. The van der Waals surface area contributed by atoms with Crippen LogP contribution in [0.5, 0.6) is 0 Å². The van der Waals surface area contributed by atoms with E-state index in [0.717, 1.165) is 24.5 Å². The summed E-state index contributed by atoms with van der Waals surface area (Å²) in [7, 11) is 1.27. The molecule has 0 saturated carbocycles. The molecule has 0 bridgehead atoms. The molecule has 9 nitrogen and oxygen atoms in total. The number of aromatic amines is 1. The molecule has 0 aromatic carbocycles. The fourth-order valence-electron chi connectivity index (χ4n) is 4.69. The minimum Gasteiger partial charge on any atom is -0.507 e. The zero-order valence-electron chi connectivity index (χ0n) is 19.6. The monoisotopic (exact) mass is 487 g/mol. The number of hydrogen-bond donors (Lipinski definition) is 2. The summed E-state index contributed by atoms with van der Waals surface area (Å²) >= 11 is 1.43. The summed E-state index contributed by atoms with van der Waals surface area (Å²) in [6.45, 7) is 7.65. The molecule has 2 N–H and O–H groups in total. The van der Waals surface area contributed by atoms with Gasteiger partial charge in [-0.1, -0.05) is 6.07 Å². The van der Waals surface area contributed by atoms with Gasteiger partial charge in [0.15, 0.2) is 0 Å². The van der Waals surface area contributed by atoms with Crippen molar-refractivity contribution >= 4 is 34.8 Å². The summed E-state index contributed by atoms with van der Waals surface area (Å²) in [6, 6.07) is 3.04. The highest BCUT2D eigenvalue weighted by molar-refractivity contribution is 7.10. The Hall–Kier alpha value is -2.95. The van der Waals surface area contributed by atoms with E-state index in [0.29, 0.717) is 43.0 Å². The van der Waals surface area contributed by atoms with Crippen molar-refractivity contribution in [3.63, 3.8) is 0 Å². The second-order valence-electron chi connectivity index (χ2n) is 8.43. The van der Waals surface area contributed by atoms with E-state index in [1.807, 2.05) is 17.5 Å². The lowest BCUT2D eigenvalue weighted by Crippen LogP contribution is -2.38. The minimum absolute atomic E-state index is 0.0421. The van der Waals surface area contributed by atoms with Gasteiger partial charge in [-0.15, -0.1) is 11.3 Å². The van der Waals surface area contributed by atoms with E-state index in [4.69, 9.17) is 9.47 Å². The molecule has 1 unspecified atom stereocenters. The van der Waals surface area contributed by atoms with Gasteiger partial charge in [0.05, 0.1) is 31.9 Å². The summed E-state index contributed by atoms with van der Waals surface area (Å²) < 4.78 is 10.2. The van der Waals surface area contributed by atoms with Gasteiger partial charge in [-0.25, -0.2) is 4.79 Å². The van der Waals surface area contributed by atoms with Crippen molar-refractivity contribution in [2.24, 2.45) is 0 Å². The number of aliphatic hydroxyl groups excluding tert-OH is 1. The summed E-state index contributed by atoms with van der Waals surface area (Å²) in [5.74, 6) is -2.20. The number of Topliss-reactive ketones (excluding diaryl/α,β-unsaturated/α-hetero) is 1.